The Labute approximate surface area is 173 Å². The van der Waals surface area contributed by atoms with E-state index in [0.717, 1.165) is 19.1 Å². The fourth-order valence-corrected chi connectivity index (χ4v) is 3.19. The van der Waals surface area contributed by atoms with Crippen LogP contribution in [0.4, 0.5) is 5.69 Å². The lowest BCUT2D eigenvalue weighted by Crippen LogP contribution is -2.18. The van der Waals surface area contributed by atoms with Crippen LogP contribution in [0.2, 0.25) is 5.02 Å². The van der Waals surface area contributed by atoms with Crippen molar-refractivity contribution in [3.05, 3.63) is 57.1 Å². The molecule has 0 aliphatic heterocycles. The Morgan fingerprint density at radius 1 is 1.28 bits per heavy atom. The Bertz CT molecular complexity index is 993. The highest BCUT2D eigenvalue weighted by atomic mass is 35.5. The van der Waals surface area contributed by atoms with E-state index < -0.39 is 14.9 Å². The van der Waals surface area contributed by atoms with Gasteiger partial charge in [0.1, 0.15) is 0 Å². The van der Waals surface area contributed by atoms with Gasteiger partial charge in [-0.3, -0.25) is 10.1 Å². The molecule has 0 saturated carbocycles. The number of nitrogens with zero attached hydrogens (tertiary/aromatic N) is 2. The van der Waals surface area contributed by atoms with Crippen molar-refractivity contribution in [2.75, 3.05) is 13.7 Å². The molecule has 1 N–H and O–H groups in total. The van der Waals surface area contributed by atoms with E-state index in [1.54, 1.807) is 0 Å². The molecule has 0 bridgehead atoms. The number of sulfonamides is 1. The molecule has 0 heterocycles. The minimum atomic E-state index is -3.91. The molecule has 0 saturated heterocycles. The second kappa shape index (κ2) is 10.1. The average molecular weight is 442 g/mol. The largest absolute Gasteiger partial charge is 0.493 e. The molecule has 9 nitrogen and oxygen atoms in total. The summed E-state index contributed by atoms with van der Waals surface area (Å²) in [7, 11) is -2.55. The smallest absolute Gasteiger partial charge is 0.315 e. The summed E-state index contributed by atoms with van der Waals surface area (Å²) in [5, 5.41) is 15.5. The lowest BCUT2D eigenvalue weighted by molar-refractivity contribution is -0.386. The number of hydrogen-bond donors (Lipinski definition) is 1. The Morgan fingerprint density at radius 2 is 1.97 bits per heavy atom. The van der Waals surface area contributed by atoms with Gasteiger partial charge in [-0.25, -0.2) is 4.83 Å². The number of hydrazone groups is 1. The SMILES string of the molecule is CCCCOc1c(OC)cc(/C=N/NS(=O)(=O)c2ccc(Cl)cc2)cc1[N+](=O)[O-]. The first-order valence-electron chi connectivity index (χ1n) is 8.58. The fraction of sp³-hybridized carbons (Fsp3) is 0.278. The molecule has 29 heavy (non-hydrogen) atoms. The Balaban J connectivity index is 2.26. The first-order chi connectivity index (χ1) is 13.8. The maximum absolute atomic E-state index is 12.2. The monoisotopic (exact) mass is 441 g/mol. The predicted octanol–water partition coefficient (Wildman–Crippen LogP) is 3.75. The van der Waals surface area contributed by atoms with E-state index >= 15 is 0 Å². The summed E-state index contributed by atoms with van der Waals surface area (Å²) in [4.78, 5) is 12.8. The first-order valence-corrected chi connectivity index (χ1v) is 10.4. The van der Waals surface area contributed by atoms with E-state index in [1.807, 2.05) is 11.8 Å². The highest BCUT2D eigenvalue weighted by Crippen LogP contribution is 2.38. The Morgan fingerprint density at radius 3 is 2.55 bits per heavy atom. The van der Waals surface area contributed by atoms with Gasteiger partial charge in [0, 0.05) is 16.7 Å². The second-order valence-electron chi connectivity index (χ2n) is 5.84. The number of nitro groups is 1. The molecule has 0 amide bonds. The number of nitro benzene ring substituents is 1. The summed E-state index contributed by atoms with van der Waals surface area (Å²) < 4.78 is 35.1. The van der Waals surface area contributed by atoms with Crippen molar-refractivity contribution in [1.82, 2.24) is 4.83 Å². The van der Waals surface area contributed by atoms with Gasteiger partial charge in [0.25, 0.3) is 10.0 Å². The van der Waals surface area contributed by atoms with Gasteiger partial charge in [-0.15, -0.1) is 0 Å². The molecule has 2 aromatic carbocycles. The van der Waals surface area contributed by atoms with Gasteiger partial charge in [-0.1, -0.05) is 24.9 Å². The summed E-state index contributed by atoms with van der Waals surface area (Å²) in [6, 6.07) is 8.22. The number of nitrogens with one attached hydrogen (secondary N) is 1. The highest BCUT2D eigenvalue weighted by molar-refractivity contribution is 7.89. The van der Waals surface area contributed by atoms with Crippen molar-refractivity contribution in [1.29, 1.82) is 0 Å². The van der Waals surface area contributed by atoms with Crippen LogP contribution in [0.25, 0.3) is 0 Å². The van der Waals surface area contributed by atoms with Gasteiger partial charge in [0.05, 0.1) is 29.8 Å². The van der Waals surface area contributed by atoms with Crippen LogP contribution in [0, 0.1) is 10.1 Å². The number of benzene rings is 2. The zero-order chi connectivity index (χ0) is 21.4. The molecule has 0 atom stereocenters. The van der Waals surface area contributed by atoms with Crippen molar-refractivity contribution in [2.45, 2.75) is 24.7 Å². The topological polar surface area (TPSA) is 120 Å². The van der Waals surface area contributed by atoms with Crippen molar-refractivity contribution in [2.24, 2.45) is 5.10 Å². The van der Waals surface area contributed by atoms with Crippen LogP contribution in [-0.2, 0) is 10.0 Å². The van der Waals surface area contributed by atoms with Gasteiger partial charge in [-0.05, 0) is 36.8 Å². The molecule has 2 aromatic rings. The average Bonchev–Trinajstić information content (AvgIpc) is 2.68. The number of unbranched alkanes of at least 4 members (excludes halogenated alkanes) is 1. The summed E-state index contributed by atoms with van der Waals surface area (Å²) in [6.07, 6.45) is 2.74. The maximum atomic E-state index is 12.2. The van der Waals surface area contributed by atoms with E-state index in [1.165, 1.54) is 43.5 Å². The van der Waals surface area contributed by atoms with Crippen LogP contribution in [0.3, 0.4) is 0 Å². The summed E-state index contributed by atoms with van der Waals surface area (Å²) in [5.74, 6) is 0.169. The lowest BCUT2D eigenvalue weighted by atomic mass is 10.2. The van der Waals surface area contributed by atoms with Crippen molar-refractivity contribution < 1.29 is 22.8 Å². The molecule has 0 spiro atoms. The molecule has 0 aromatic heterocycles. The van der Waals surface area contributed by atoms with Crippen LogP contribution in [0.5, 0.6) is 11.5 Å². The van der Waals surface area contributed by atoms with Crippen LogP contribution < -0.4 is 14.3 Å². The second-order valence-corrected chi connectivity index (χ2v) is 7.93. The summed E-state index contributed by atoms with van der Waals surface area (Å²) >= 11 is 5.75. The molecular formula is C18H20ClN3O6S. The van der Waals surface area contributed by atoms with Crippen LogP contribution >= 0.6 is 11.6 Å². The van der Waals surface area contributed by atoms with E-state index in [0.29, 0.717) is 11.6 Å². The molecule has 0 unspecified atom stereocenters. The number of methoxy groups -OCH3 is 1. The number of halogens is 1. The minimum absolute atomic E-state index is 0.0184. The third-order valence-corrected chi connectivity index (χ3v) is 5.22. The van der Waals surface area contributed by atoms with E-state index in [9.17, 15) is 18.5 Å². The maximum Gasteiger partial charge on any atom is 0.315 e. The molecule has 156 valence electrons. The lowest BCUT2D eigenvalue weighted by Gasteiger charge is -2.11. The number of ether oxygens (including phenoxy) is 2. The Hall–Kier alpha value is -2.85. The van der Waals surface area contributed by atoms with Gasteiger partial charge in [0.15, 0.2) is 5.75 Å². The molecular weight excluding hydrogens is 422 g/mol. The predicted molar refractivity (Wildman–Crippen MR) is 109 cm³/mol. The number of hydrogen-bond acceptors (Lipinski definition) is 7. The molecule has 2 rings (SSSR count). The molecule has 0 aliphatic carbocycles. The fourth-order valence-electron chi connectivity index (χ4n) is 2.27. The molecule has 0 radical (unpaired) electrons. The number of rotatable bonds is 10. The molecule has 0 fully saturated rings. The van der Waals surface area contributed by atoms with Gasteiger partial charge >= 0.3 is 5.69 Å². The van der Waals surface area contributed by atoms with E-state index in [-0.39, 0.29) is 27.6 Å². The highest BCUT2D eigenvalue weighted by Gasteiger charge is 2.22. The summed E-state index contributed by atoms with van der Waals surface area (Å²) in [6.45, 7) is 2.28. The van der Waals surface area contributed by atoms with E-state index in [4.69, 9.17) is 21.1 Å². The van der Waals surface area contributed by atoms with E-state index in [2.05, 4.69) is 5.10 Å². The zero-order valence-corrected chi connectivity index (χ0v) is 17.4. The van der Waals surface area contributed by atoms with Crippen LogP contribution in [-0.4, -0.2) is 33.3 Å². The van der Waals surface area contributed by atoms with Gasteiger partial charge < -0.3 is 9.47 Å². The van der Waals surface area contributed by atoms with Crippen molar-refractivity contribution in [3.63, 3.8) is 0 Å². The van der Waals surface area contributed by atoms with Crippen molar-refractivity contribution in [3.8, 4) is 11.5 Å². The minimum Gasteiger partial charge on any atom is -0.493 e. The van der Waals surface area contributed by atoms with Gasteiger partial charge in [0.2, 0.25) is 5.75 Å². The standard InChI is InChI=1S/C18H20ClN3O6S/c1-3-4-9-28-18-16(22(23)24)10-13(11-17(18)27-2)12-20-21-29(25,26)15-7-5-14(19)6-8-15/h5-8,10-12,21H,3-4,9H2,1-2H3/b20-12+. The van der Waals surface area contributed by atoms with Gasteiger partial charge in [-0.2, -0.15) is 13.5 Å². The normalized spacial score (nSPS) is 11.4. The Kier molecular flexibility index (Phi) is 7.80. The third kappa shape index (κ3) is 6.06. The van der Waals surface area contributed by atoms with Crippen molar-refractivity contribution >= 4 is 33.5 Å². The van der Waals surface area contributed by atoms with Crippen LogP contribution in [0.1, 0.15) is 25.3 Å². The zero-order valence-electron chi connectivity index (χ0n) is 15.8. The quantitative estimate of drug-likeness (QED) is 0.259. The molecule has 11 heteroatoms. The first kappa shape index (κ1) is 22.4. The van der Waals surface area contributed by atoms with Crippen LogP contribution in [0.15, 0.2) is 46.4 Å². The summed E-state index contributed by atoms with van der Waals surface area (Å²) in [5.41, 5.74) is -0.0438. The molecule has 0 aliphatic rings. The third-order valence-electron chi connectivity index (χ3n) is 3.73.